The van der Waals surface area contributed by atoms with E-state index < -0.39 is 18.8 Å². The third kappa shape index (κ3) is 5.88. The minimum absolute atomic E-state index is 0.133. The Labute approximate surface area is 101 Å². The molecule has 98 valence electrons. The lowest BCUT2D eigenvalue weighted by atomic mass is 10.2. The molecule has 0 unspecified atom stereocenters. The molecule has 1 rings (SSSR count). The summed E-state index contributed by atoms with van der Waals surface area (Å²) in [6.45, 7) is -1.39. The molecule has 0 aliphatic heterocycles. The standard InChI is InChI=1S/C11H10F3NO3/c12-11(13,14)7-18-9-5-4-8(6-15-9)2-1-3-10(16)17/h1-2,4-6H,3,7H2,(H,16,17). The number of carboxylic acid groups (broad SMARTS) is 1. The lowest BCUT2D eigenvalue weighted by molar-refractivity contribution is -0.154. The van der Waals surface area contributed by atoms with Crippen LogP contribution in [-0.4, -0.2) is 28.8 Å². The molecule has 0 spiro atoms. The number of hydrogen-bond donors (Lipinski definition) is 1. The van der Waals surface area contributed by atoms with Gasteiger partial charge in [0.25, 0.3) is 0 Å². The largest absolute Gasteiger partial charge is 0.481 e. The van der Waals surface area contributed by atoms with E-state index in [1.54, 1.807) is 0 Å². The number of carbonyl (C=O) groups is 1. The fourth-order valence-corrected chi connectivity index (χ4v) is 1.03. The van der Waals surface area contributed by atoms with E-state index in [-0.39, 0.29) is 12.3 Å². The quantitative estimate of drug-likeness (QED) is 0.884. The van der Waals surface area contributed by atoms with Crippen LogP contribution >= 0.6 is 0 Å². The van der Waals surface area contributed by atoms with Crippen molar-refractivity contribution >= 4 is 12.0 Å². The van der Waals surface area contributed by atoms with Gasteiger partial charge in [-0.3, -0.25) is 4.79 Å². The summed E-state index contributed by atoms with van der Waals surface area (Å²) in [5.74, 6) is -1.10. The molecule has 0 atom stereocenters. The number of carboxylic acids is 1. The van der Waals surface area contributed by atoms with Crippen LogP contribution in [0, 0.1) is 0 Å². The molecule has 0 bridgehead atoms. The number of halogens is 3. The van der Waals surface area contributed by atoms with Crippen molar-refractivity contribution in [1.29, 1.82) is 0 Å². The first-order valence-corrected chi connectivity index (χ1v) is 4.91. The molecule has 0 aromatic carbocycles. The van der Waals surface area contributed by atoms with E-state index in [0.29, 0.717) is 5.56 Å². The van der Waals surface area contributed by atoms with Gasteiger partial charge in [-0.25, -0.2) is 4.98 Å². The highest BCUT2D eigenvalue weighted by Gasteiger charge is 2.28. The molecule has 0 radical (unpaired) electrons. The average Bonchev–Trinajstić information content (AvgIpc) is 2.26. The van der Waals surface area contributed by atoms with Gasteiger partial charge in [0, 0.05) is 12.3 Å². The highest BCUT2D eigenvalue weighted by Crippen LogP contribution is 2.17. The smallest absolute Gasteiger partial charge is 0.422 e. The maximum Gasteiger partial charge on any atom is 0.422 e. The number of hydrogen-bond acceptors (Lipinski definition) is 3. The van der Waals surface area contributed by atoms with E-state index in [9.17, 15) is 18.0 Å². The van der Waals surface area contributed by atoms with Crippen LogP contribution in [0.2, 0.25) is 0 Å². The zero-order valence-corrected chi connectivity index (χ0v) is 9.15. The average molecular weight is 261 g/mol. The summed E-state index contributed by atoms with van der Waals surface area (Å²) in [6, 6.07) is 2.77. The van der Waals surface area contributed by atoms with Crippen LogP contribution < -0.4 is 4.74 Å². The zero-order chi connectivity index (χ0) is 13.6. The lowest BCUT2D eigenvalue weighted by Crippen LogP contribution is -2.19. The second-order valence-electron chi connectivity index (χ2n) is 3.33. The molecular weight excluding hydrogens is 251 g/mol. The summed E-state index contributed by atoms with van der Waals surface area (Å²) in [5.41, 5.74) is 0.579. The fourth-order valence-electron chi connectivity index (χ4n) is 1.03. The topological polar surface area (TPSA) is 59.4 Å². The molecule has 1 N–H and O–H groups in total. The van der Waals surface area contributed by atoms with Crippen LogP contribution in [0.3, 0.4) is 0 Å². The van der Waals surface area contributed by atoms with Crippen LogP contribution in [0.1, 0.15) is 12.0 Å². The van der Waals surface area contributed by atoms with Gasteiger partial charge >= 0.3 is 12.1 Å². The Bertz CT molecular complexity index is 426. The van der Waals surface area contributed by atoms with Crippen molar-refractivity contribution in [2.75, 3.05) is 6.61 Å². The number of aliphatic carboxylic acids is 1. The van der Waals surface area contributed by atoms with E-state index in [4.69, 9.17) is 5.11 Å². The minimum atomic E-state index is -4.40. The summed E-state index contributed by atoms with van der Waals surface area (Å²) in [5, 5.41) is 8.39. The summed E-state index contributed by atoms with van der Waals surface area (Å²) >= 11 is 0. The van der Waals surface area contributed by atoms with Crippen LogP contribution in [0.25, 0.3) is 6.08 Å². The lowest BCUT2D eigenvalue weighted by Gasteiger charge is -2.07. The Kier molecular flexibility index (Phi) is 4.70. The van der Waals surface area contributed by atoms with Crippen molar-refractivity contribution in [3.8, 4) is 5.88 Å². The van der Waals surface area contributed by atoms with Gasteiger partial charge < -0.3 is 9.84 Å². The first-order chi connectivity index (χ1) is 8.37. The number of nitrogens with zero attached hydrogens (tertiary/aromatic N) is 1. The molecular formula is C11H10F3NO3. The molecule has 4 nitrogen and oxygen atoms in total. The first-order valence-electron chi connectivity index (χ1n) is 4.91. The molecule has 0 amide bonds. The van der Waals surface area contributed by atoms with Crippen LogP contribution in [0.4, 0.5) is 13.2 Å². The second kappa shape index (κ2) is 6.04. The summed E-state index contributed by atoms with van der Waals surface area (Å²) in [7, 11) is 0. The normalized spacial score (nSPS) is 11.7. The van der Waals surface area contributed by atoms with Gasteiger partial charge in [0.05, 0.1) is 6.42 Å². The molecule has 0 fully saturated rings. The maximum atomic E-state index is 11.8. The Balaban J connectivity index is 2.52. The zero-order valence-electron chi connectivity index (χ0n) is 9.15. The number of alkyl halides is 3. The maximum absolute atomic E-state index is 11.8. The SMILES string of the molecule is O=C(O)CC=Cc1ccc(OCC(F)(F)F)nc1. The van der Waals surface area contributed by atoms with Crippen LogP contribution in [0.15, 0.2) is 24.4 Å². The van der Waals surface area contributed by atoms with Crippen LogP contribution in [-0.2, 0) is 4.79 Å². The molecule has 0 aliphatic rings. The number of aromatic nitrogens is 1. The predicted octanol–water partition coefficient (Wildman–Crippen LogP) is 2.51. The Hall–Kier alpha value is -2.05. The molecule has 1 aromatic rings. The molecule has 1 aromatic heterocycles. The minimum Gasteiger partial charge on any atom is -0.481 e. The monoisotopic (exact) mass is 261 g/mol. The molecule has 18 heavy (non-hydrogen) atoms. The van der Waals surface area contributed by atoms with Crippen molar-refractivity contribution in [2.45, 2.75) is 12.6 Å². The van der Waals surface area contributed by atoms with Crippen molar-refractivity contribution in [2.24, 2.45) is 0 Å². The van der Waals surface area contributed by atoms with Gasteiger partial charge in [0.2, 0.25) is 5.88 Å². The molecule has 0 aliphatic carbocycles. The number of ether oxygens (including phenoxy) is 1. The van der Waals surface area contributed by atoms with E-state index in [0.717, 1.165) is 0 Å². The summed E-state index contributed by atoms with van der Waals surface area (Å²) < 4.78 is 39.9. The number of pyridine rings is 1. The molecule has 1 heterocycles. The van der Waals surface area contributed by atoms with E-state index in [1.165, 1.54) is 30.5 Å². The summed E-state index contributed by atoms with van der Waals surface area (Å²) in [6.07, 6.45) is -0.317. The van der Waals surface area contributed by atoms with Crippen LogP contribution in [0.5, 0.6) is 5.88 Å². The Morgan fingerprint density at radius 3 is 2.67 bits per heavy atom. The van der Waals surface area contributed by atoms with Crippen molar-refractivity contribution in [3.05, 3.63) is 30.0 Å². The predicted molar refractivity (Wildman–Crippen MR) is 57.1 cm³/mol. The second-order valence-corrected chi connectivity index (χ2v) is 3.33. The highest BCUT2D eigenvalue weighted by molar-refractivity contribution is 5.70. The van der Waals surface area contributed by atoms with Gasteiger partial charge in [-0.05, 0) is 11.6 Å². The van der Waals surface area contributed by atoms with Gasteiger partial charge in [-0.1, -0.05) is 12.2 Å². The fraction of sp³-hybridized carbons (Fsp3) is 0.273. The van der Waals surface area contributed by atoms with E-state index in [2.05, 4.69) is 9.72 Å². The van der Waals surface area contributed by atoms with Gasteiger partial charge in [0.15, 0.2) is 6.61 Å². The Morgan fingerprint density at radius 2 is 2.17 bits per heavy atom. The third-order valence-electron chi connectivity index (χ3n) is 1.75. The molecule has 0 saturated carbocycles. The van der Waals surface area contributed by atoms with Gasteiger partial charge in [0.1, 0.15) is 0 Å². The Morgan fingerprint density at radius 1 is 1.44 bits per heavy atom. The first kappa shape index (κ1) is 14.0. The molecule has 0 saturated heterocycles. The third-order valence-corrected chi connectivity index (χ3v) is 1.75. The molecule has 7 heteroatoms. The van der Waals surface area contributed by atoms with E-state index >= 15 is 0 Å². The highest BCUT2D eigenvalue weighted by atomic mass is 19.4. The van der Waals surface area contributed by atoms with E-state index in [1.807, 2.05) is 0 Å². The summed E-state index contributed by atoms with van der Waals surface area (Å²) in [4.78, 5) is 13.9. The van der Waals surface area contributed by atoms with Crippen molar-refractivity contribution in [1.82, 2.24) is 4.98 Å². The number of rotatable bonds is 5. The van der Waals surface area contributed by atoms with Crippen molar-refractivity contribution in [3.63, 3.8) is 0 Å². The van der Waals surface area contributed by atoms with Gasteiger partial charge in [-0.15, -0.1) is 0 Å². The van der Waals surface area contributed by atoms with Gasteiger partial charge in [-0.2, -0.15) is 13.2 Å². The van der Waals surface area contributed by atoms with Crippen molar-refractivity contribution < 1.29 is 27.8 Å².